The quantitative estimate of drug-likeness (QED) is 0.572. The van der Waals surface area contributed by atoms with Gasteiger partial charge in [-0.3, -0.25) is 14.5 Å². The summed E-state index contributed by atoms with van der Waals surface area (Å²) in [6.07, 6.45) is 0. The fourth-order valence-electron chi connectivity index (χ4n) is 3.23. The van der Waals surface area contributed by atoms with Crippen LogP contribution in [0.25, 0.3) is 0 Å². The lowest BCUT2D eigenvalue weighted by Crippen LogP contribution is -2.30. The van der Waals surface area contributed by atoms with Crippen LogP contribution in [0.4, 0.5) is 11.4 Å². The Morgan fingerprint density at radius 3 is 2.29 bits per heavy atom. The molecule has 160 valence electrons. The molecule has 0 aromatic heterocycles. The van der Waals surface area contributed by atoms with Crippen LogP contribution in [-0.4, -0.2) is 37.4 Å². The Kier molecular flexibility index (Phi) is 7.40. The van der Waals surface area contributed by atoms with Gasteiger partial charge in [-0.05, 0) is 61.5 Å². The molecule has 6 heteroatoms. The Bertz CT molecular complexity index is 1050. The second-order valence-electron chi connectivity index (χ2n) is 7.38. The Morgan fingerprint density at radius 2 is 1.58 bits per heavy atom. The number of ether oxygens (including phenoxy) is 1. The van der Waals surface area contributed by atoms with Crippen molar-refractivity contribution >= 4 is 23.2 Å². The standard InChI is InChI=1S/C25H27N3O3/c1-18-8-4-5-9-19(18)16-28(2)17-24(29)27-23-11-7-6-10-22(23)25(30)26-20-12-14-21(31-3)15-13-20/h4-15H,16-17H2,1-3H3,(H,26,30)(H,27,29). The van der Waals surface area contributed by atoms with Crippen molar-refractivity contribution in [2.45, 2.75) is 13.5 Å². The van der Waals surface area contributed by atoms with Crippen LogP contribution in [0.3, 0.4) is 0 Å². The first-order chi connectivity index (χ1) is 15.0. The van der Waals surface area contributed by atoms with E-state index in [0.717, 1.165) is 0 Å². The van der Waals surface area contributed by atoms with Crippen LogP contribution >= 0.6 is 0 Å². The third kappa shape index (κ3) is 6.17. The van der Waals surface area contributed by atoms with Crippen molar-refractivity contribution in [3.05, 3.63) is 89.5 Å². The molecular weight excluding hydrogens is 390 g/mol. The molecule has 3 aromatic carbocycles. The summed E-state index contributed by atoms with van der Waals surface area (Å²) in [5, 5.41) is 5.71. The summed E-state index contributed by atoms with van der Waals surface area (Å²) in [6, 6.07) is 22.1. The van der Waals surface area contributed by atoms with Gasteiger partial charge in [0.05, 0.1) is 24.9 Å². The van der Waals surface area contributed by atoms with E-state index in [1.165, 1.54) is 11.1 Å². The van der Waals surface area contributed by atoms with Crippen LogP contribution in [0.15, 0.2) is 72.8 Å². The van der Waals surface area contributed by atoms with E-state index in [0.29, 0.717) is 29.2 Å². The van der Waals surface area contributed by atoms with Crippen molar-refractivity contribution < 1.29 is 14.3 Å². The lowest BCUT2D eigenvalue weighted by molar-refractivity contribution is -0.117. The first-order valence-electron chi connectivity index (χ1n) is 10.0. The van der Waals surface area contributed by atoms with Crippen LogP contribution in [0, 0.1) is 6.92 Å². The predicted octanol–water partition coefficient (Wildman–Crippen LogP) is 4.33. The molecule has 0 bridgehead atoms. The van der Waals surface area contributed by atoms with Gasteiger partial charge in [0.2, 0.25) is 5.91 Å². The average Bonchev–Trinajstić information content (AvgIpc) is 2.76. The molecule has 0 unspecified atom stereocenters. The number of likely N-dealkylation sites (N-methyl/N-ethyl adjacent to an activating group) is 1. The molecule has 0 saturated heterocycles. The van der Waals surface area contributed by atoms with Gasteiger partial charge < -0.3 is 15.4 Å². The van der Waals surface area contributed by atoms with E-state index in [1.54, 1.807) is 55.6 Å². The predicted molar refractivity (Wildman–Crippen MR) is 124 cm³/mol. The van der Waals surface area contributed by atoms with Gasteiger partial charge in [-0.2, -0.15) is 0 Å². The fraction of sp³-hybridized carbons (Fsp3) is 0.200. The van der Waals surface area contributed by atoms with Crippen molar-refractivity contribution in [1.82, 2.24) is 4.90 Å². The molecule has 0 radical (unpaired) electrons. The minimum absolute atomic E-state index is 0.180. The van der Waals surface area contributed by atoms with Crippen molar-refractivity contribution in [2.75, 3.05) is 31.3 Å². The molecule has 2 amide bonds. The number of methoxy groups -OCH3 is 1. The van der Waals surface area contributed by atoms with Gasteiger partial charge in [-0.25, -0.2) is 0 Å². The monoisotopic (exact) mass is 417 g/mol. The maximum atomic E-state index is 12.8. The zero-order valence-corrected chi connectivity index (χ0v) is 18.0. The molecule has 0 heterocycles. The summed E-state index contributed by atoms with van der Waals surface area (Å²) in [5.41, 5.74) is 3.88. The van der Waals surface area contributed by atoms with Gasteiger partial charge in [0.1, 0.15) is 5.75 Å². The molecule has 3 rings (SSSR count). The fourth-order valence-corrected chi connectivity index (χ4v) is 3.23. The van der Waals surface area contributed by atoms with E-state index in [2.05, 4.69) is 29.7 Å². The Morgan fingerprint density at radius 1 is 0.903 bits per heavy atom. The van der Waals surface area contributed by atoms with Crippen molar-refractivity contribution in [1.29, 1.82) is 0 Å². The zero-order valence-electron chi connectivity index (χ0n) is 18.0. The molecule has 0 atom stereocenters. The Hall–Kier alpha value is -3.64. The molecular formula is C25H27N3O3. The molecule has 31 heavy (non-hydrogen) atoms. The van der Waals surface area contributed by atoms with Crippen LogP contribution in [0.2, 0.25) is 0 Å². The topological polar surface area (TPSA) is 70.7 Å². The van der Waals surface area contributed by atoms with Crippen LogP contribution in [0.1, 0.15) is 21.5 Å². The lowest BCUT2D eigenvalue weighted by Gasteiger charge is -2.18. The highest BCUT2D eigenvalue weighted by Crippen LogP contribution is 2.19. The van der Waals surface area contributed by atoms with Crippen molar-refractivity contribution in [3.8, 4) is 5.75 Å². The van der Waals surface area contributed by atoms with E-state index < -0.39 is 0 Å². The summed E-state index contributed by atoms with van der Waals surface area (Å²) in [5.74, 6) is 0.232. The van der Waals surface area contributed by atoms with Gasteiger partial charge in [-0.15, -0.1) is 0 Å². The number of aryl methyl sites for hydroxylation is 1. The van der Waals surface area contributed by atoms with Crippen molar-refractivity contribution in [2.24, 2.45) is 0 Å². The third-order valence-electron chi connectivity index (χ3n) is 4.91. The number of hydrogen-bond donors (Lipinski definition) is 2. The van der Waals surface area contributed by atoms with E-state index in [4.69, 9.17) is 4.74 Å². The maximum Gasteiger partial charge on any atom is 0.257 e. The highest BCUT2D eigenvalue weighted by Gasteiger charge is 2.15. The highest BCUT2D eigenvalue weighted by molar-refractivity contribution is 6.10. The molecule has 0 fully saturated rings. The summed E-state index contributed by atoms with van der Waals surface area (Å²) >= 11 is 0. The van der Waals surface area contributed by atoms with Crippen molar-refractivity contribution in [3.63, 3.8) is 0 Å². The number of carbonyl (C=O) groups is 2. The molecule has 2 N–H and O–H groups in total. The normalized spacial score (nSPS) is 10.6. The average molecular weight is 418 g/mol. The summed E-state index contributed by atoms with van der Waals surface area (Å²) in [7, 11) is 3.49. The first kappa shape index (κ1) is 22.1. The van der Waals surface area contributed by atoms with Gasteiger partial charge in [-0.1, -0.05) is 36.4 Å². The molecule has 0 aliphatic heterocycles. The van der Waals surface area contributed by atoms with Gasteiger partial charge in [0, 0.05) is 12.2 Å². The lowest BCUT2D eigenvalue weighted by atomic mass is 10.1. The highest BCUT2D eigenvalue weighted by atomic mass is 16.5. The number of amides is 2. The SMILES string of the molecule is COc1ccc(NC(=O)c2ccccc2NC(=O)CN(C)Cc2ccccc2C)cc1. The minimum Gasteiger partial charge on any atom is -0.497 e. The number of nitrogens with zero attached hydrogens (tertiary/aromatic N) is 1. The van der Waals surface area contributed by atoms with Gasteiger partial charge in [0.25, 0.3) is 5.91 Å². The second-order valence-corrected chi connectivity index (χ2v) is 7.38. The Balaban J connectivity index is 1.63. The maximum absolute atomic E-state index is 12.8. The summed E-state index contributed by atoms with van der Waals surface area (Å²) < 4.78 is 5.13. The number of carbonyl (C=O) groups excluding carboxylic acids is 2. The molecule has 0 saturated carbocycles. The molecule has 0 spiro atoms. The number of hydrogen-bond acceptors (Lipinski definition) is 4. The first-order valence-corrected chi connectivity index (χ1v) is 10.0. The molecule has 0 aliphatic carbocycles. The smallest absolute Gasteiger partial charge is 0.257 e. The summed E-state index contributed by atoms with van der Waals surface area (Å²) in [6.45, 7) is 2.93. The largest absolute Gasteiger partial charge is 0.497 e. The van der Waals surface area contributed by atoms with E-state index >= 15 is 0 Å². The molecule has 0 aliphatic rings. The molecule has 6 nitrogen and oxygen atoms in total. The van der Waals surface area contributed by atoms with E-state index in [9.17, 15) is 9.59 Å². The third-order valence-corrected chi connectivity index (χ3v) is 4.91. The van der Waals surface area contributed by atoms with Gasteiger partial charge >= 0.3 is 0 Å². The van der Waals surface area contributed by atoms with Crippen LogP contribution in [-0.2, 0) is 11.3 Å². The number of para-hydroxylation sites is 1. The van der Waals surface area contributed by atoms with E-state index in [1.807, 2.05) is 24.1 Å². The van der Waals surface area contributed by atoms with Crippen LogP contribution in [0.5, 0.6) is 5.75 Å². The van der Waals surface area contributed by atoms with Crippen LogP contribution < -0.4 is 15.4 Å². The number of anilines is 2. The zero-order chi connectivity index (χ0) is 22.2. The number of benzene rings is 3. The van der Waals surface area contributed by atoms with Gasteiger partial charge in [0.15, 0.2) is 0 Å². The summed E-state index contributed by atoms with van der Waals surface area (Å²) in [4.78, 5) is 27.3. The number of nitrogens with one attached hydrogen (secondary N) is 2. The second kappa shape index (κ2) is 10.4. The number of rotatable bonds is 8. The molecule has 3 aromatic rings. The van der Waals surface area contributed by atoms with E-state index in [-0.39, 0.29) is 18.4 Å². The Labute approximate surface area is 182 Å². The minimum atomic E-state index is -0.297.